The summed E-state index contributed by atoms with van der Waals surface area (Å²) in [4.78, 5) is 11.5. The minimum absolute atomic E-state index is 0.0446. The molecule has 0 radical (unpaired) electrons. The smallest absolute Gasteiger partial charge is 0.224 e. The summed E-state index contributed by atoms with van der Waals surface area (Å²) in [5.41, 5.74) is 2.80. The number of fused-ring (bicyclic) bond motifs is 1. The summed E-state index contributed by atoms with van der Waals surface area (Å²) in [7, 11) is 0. The van der Waals surface area contributed by atoms with Gasteiger partial charge < -0.3 is 14.8 Å². The predicted octanol–water partition coefficient (Wildman–Crippen LogP) is 1.39. The number of benzene rings is 1. The minimum Gasteiger partial charge on any atom is -0.464 e. The molecule has 17 heavy (non-hydrogen) atoms. The summed E-state index contributed by atoms with van der Waals surface area (Å²) < 4.78 is 5.41. The van der Waals surface area contributed by atoms with Crippen LogP contribution in [-0.4, -0.2) is 24.2 Å². The van der Waals surface area contributed by atoms with Gasteiger partial charge in [0.05, 0.1) is 19.3 Å². The zero-order chi connectivity index (χ0) is 12.3. The van der Waals surface area contributed by atoms with E-state index in [9.17, 15) is 4.79 Å². The second-order valence-electron chi connectivity index (χ2n) is 4.01. The maximum atomic E-state index is 11.5. The first-order valence-corrected chi connectivity index (χ1v) is 5.55. The lowest BCUT2D eigenvalue weighted by Gasteiger charge is -2.01. The highest BCUT2D eigenvalue weighted by Gasteiger charge is 2.09. The Hall–Kier alpha value is -1.81. The van der Waals surface area contributed by atoms with Crippen molar-refractivity contribution in [3.05, 3.63) is 35.6 Å². The van der Waals surface area contributed by atoms with E-state index in [1.807, 2.05) is 25.1 Å². The van der Waals surface area contributed by atoms with Crippen LogP contribution in [0.25, 0.3) is 11.0 Å². The third-order valence-electron chi connectivity index (χ3n) is 2.60. The van der Waals surface area contributed by atoms with Crippen LogP contribution in [-0.2, 0) is 11.2 Å². The van der Waals surface area contributed by atoms with Crippen molar-refractivity contribution in [3.8, 4) is 0 Å². The number of amides is 1. The number of carbonyl (C=O) groups is 1. The van der Waals surface area contributed by atoms with E-state index in [4.69, 9.17) is 9.52 Å². The van der Waals surface area contributed by atoms with Crippen molar-refractivity contribution in [2.75, 3.05) is 13.2 Å². The summed E-state index contributed by atoms with van der Waals surface area (Å²) in [5.74, 6) is -0.109. The average Bonchev–Trinajstić information content (AvgIpc) is 2.69. The third-order valence-corrected chi connectivity index (χ3v) is 2.60. The highest BCUT2D eigenvalue weighted by atomic mass is 16.3. The summed E-state index contributed by atoms with van der Waals surface area (Å²) in [6.07, 6.45) is 1.89. The first-order chi connectivity index (χ1) is 8.20. The second kappa shape index (κ2) is 5.01. The molecule has 0 saturated heterocycles. The molecular weight excluding hydrogens is 218 g/mol. The number of hydrogen-bond donors (Lipinski definition) is 2. The zero-order valence-corrected chi connectivity index (χ0v) is 9.69. The van der Waals surface area contributed by atoms with Crippen molar-refractivity contribution in [2.24, 2.45) is 0 Å². The van der Waals surface area contributed by atoms with Crippen molar-refractivity contribution in [1.82, 2.24) is 5.32 Å². The van der Waals surface area contributed by atoms with Gasteiger partial charge in [0, 0.05) is 17.5 Å². The molecule has 0 aliphatic heterocycles. The Kier molecular flexibility index (Phi) is 3.44. The van der Waals surface area contributed by atoms with Gasteiger partial charge in [-0.15, -0.1) is 0 Å². The van der Waals surface area contributed by atoms with E-state index in [-0.39, 0.29) is 25.5 Å². The zero-order valence-electron chi connectivity index (χ0n) is 9.69. The molecule has 1 aromatic heterocycles. The summed E-state index contributed by atoms with van der Waals surface area (Å²) in [6, 6.07) is 5.90. The van der Waals surface area contributed by atoms with Crippen LogP contribution in [0.5, 0.6) is 0 Å². The van der Waals surface area contributed by atoms with Gasteiger partial charge in [0.15, 0.2) is 0 Å². The molecule has 1 aromatic carbocycles. The molecule has 0 atom stereocenters. The average molecular weight is 233 g/mol. The number of hydrogen-bond acceptors (Lipinski definition) is 3. The molecule has 0 bridgehead atoms. The molecule has 4 heteroatoms. The number of aliphatic hydroxyl groups is 1. The first kappa shape index (κ1) is 11.7. The Morgan fingerprint density at radius 2 is 2.29 bits per heavy atom. The molecule has 2 rings (SSSR count). The molecule has 0 saturated carbocycles. The van der Waals surface area contributed by atoms with Gasteiger partial charge in [-0.1, -0.05) is 12.1 Å². The van der Waals surface area contributed by atoms with Crippen molar-refractivity contribution in [3.63, 3.8) is 0 Å². The molecular formula is C13H15NO3. The van der Waals surface area contributed by atoms with E-state index in [2.05, 4.69) is 5.32 Å². The molecule has 0 aliphatic carbocycles. The Morgan fingerprint density at radius 1 is 1.47 bits per heavy atom. The van der Waals surface area contributed by atoms with Gasteiger partial charge in [-0.05, 0) is 18.6 Å². The van der Waals surface area contributed by atoms with Crippen LogP contribution in [0.1, 0.15) is 11.1 Å². The fourth-order valence-electron chi connectivity index (χ4n) is 1.76. The van der Waals surface area contributed by atoms with Crippen LogP contribution in [0.3, 0.4) is 0 Å². The lowest BCUT2D eigenvalue weighted by Crippen LogP contribution is -2.27. The third kappa shape index (κ3) is 2.65. The fourth-order valence-corrected chi connectivity index (χ4v) is 1.76. The van der Waals surface area contributed by atoms with Gasteiger partial charge >= 0.3 is 0 Å². The summed E-state index contributed by atoms with van der Waals surface area (Å²) in [5, 5.41) is 12.2. The van der Waals surface area contributed by atoms with E-state index in [1.54, 1.807) is 6.26 Å². The van der Waals surface area contributed by atoms with E-state index < -0.39 is 0 Å². The van der Waals surface area contributed by atoms with E-state index in [1.165, 1.54) is 0 Å². The number of rotatable bonds is 4. The maximum Gasteiger partial charge on any atom is 0.224 e. The SMILES string of the molecule is Cc1ccc2c(CC(=O)NCCO)coc2c1. The largest absolute Gasteiger partial charge is 0.464 e. The molecule has 0 aliphatic rings. The van der Waals surface area contributed by atoms with Gasteiger partial charge in [0.25, 0.3) is 0 Å². The van der Waals surface area contributed by atoms with Crippen LogP contribution in [0.4, 0.5) is 0 Å². The van der Waals surface area contributed by atoms with E-state index >= 15 is 0 Å². The lowest BCUT2D eigenvalue weighted by molar-refractivity contribution is -0.120. The Bertz CT molecular complexity index is 530. The van der Waals surface area contributed by atoms with Gasteiger partial charge in [-0.25, -0.2) is 0 Å². The van der Waals surface area contributed by atoms with E-state index in [0.29, 0.717) is 0 Å². The molecule has 0 unspecified atom stereocenters. The predicted molar refractivity (Wildman–Crippen MR) is 64.8 cm³/mol. The quantitative estimate of drug-likeness (QED) is 0.838. The van der Waals surface area contributed by atoms with Crippen LogP contribution >= 0.6 is 0 Å². The molecule has 2 aromatic rings. The number of aliphatic hydroxyl groups excluding tert-OH is 1. The highest BCUT2D eigenvalue weighted by molar-refractivity contribution is 5.87. The lowest BCUT2D eigenvalue weighted by atomic mass is 10.1. The number of furan rings is 1. The topological polar surface area (TPSA) is 62.5 Å². The second-order valence-corrected chi connectivity index (χ2v) is 4.01. The Labute approximate surface area is 99.2 Å². The van der Waals surface area contributed by atoms with Gasteiger partial charge in [-0.3, -0.25) is 4.79 Å². The maximum absolute atomic E-state index is 11.5. The van der Waals surface area contributed by atoms with Crippen molar-refractivity contribution in [1.29, 1.82) is 0 Å². The molecule has 1 heterocycles. The van der Waals surface area contributed by atoms with Gasteiger partial charge in [0.1, 0.15) is 5.58 Å². The van der Waals surface area contributed by atoms with Gasteiger partial charge in [-0.2, -0.15) is 0 Å². The van der Waals surface area contributed by atoms with Gasteiger partial charge in [0.2, 0.25) is 5.91 Å². The Morgan fingerprint density at radius 3 is 3.06 bits per heavy atom. The number of aryl methyl sites for hydroxylation is 1. The van der Waals surface area contributed by atoms with Crippen LogP contribution in [0.2, 0.25) is 0 Å². The van der Waals surface area contributed by atoms with Crippen LogP contribution in [0, 0.1) is 6.92 Å². The van der Waals surface area contributed by atoms with Crippen molar-refractivity contribution in [2.45, 2.75) is 13.3 Å². The number of carbonyl (C=O) groups excluding carboxylic acids is 1. The standard InChI is InChI=1S/C13H15NO3/c1-9-2-3-11-10(8-17-12(11)6-9)7-13(16)14-4-5-15/h2-3,6,8,15H,4-5,7H2,1H3,(H,14,16). The molecule has 90 valence electrons. The monoisotopic (exact) mass is 233 g/mol. The highest BCUT2D eigenvalue weighted by Crippen LogP contribution is 2.22. The van der Waals surface area contributed by atoms with Crippen LogP contribution in [0.15, 0.2) is 28.9 Å². The number of nitrogens with one attached hydrogen (secondary N) is 1. The minimum atomic E-state index is -0.109. The fraction of sp³-hybridized carbons (Fsp3) is 0.308. The van der Waals surface area contributed by atoms with E-state index in [0.717, 1.165) is 22.1 Å². The normalized spacial score (nSPS) is 10.7. The molecule has 2 N–H and O–H groups in total. The molecule has 0 fully saturated rings. The molecule has 4 nitrogen and oxygen atoms in total. The molecule has 1 amide bonds. The summed E-state index contributed by atoms with van der Waals surface area (Å²) >= 11 is 0. The van der Waals surface area contributed by atoms with Crippen LogP contribution < -0.4 is 5.32 Å². The van der Waals surface area contributed by atoms with Crippen molar-refractivity contribution < 1.29 is 14.3 Å². The van der Waals surface area contributed by atoms with Crippen molar-refractivity contribution >= 4 is 16.9 Å². The Balaban J connectivity index is 2.16. The first-order valence-electron chi connectivity index (χ1n) is 5.55. The molecule has 0 spiro atoms. The summed E-state index contributed by atoms with van der Waals surface area (Å²) in [6.45, 7) is 2.24.